The van der Waals surface area contributed by atoms with Crippen LogP contribution in [0.2, 0.25) is 0 Å². The monoisotopic (exact) mass is 392 g/mol. The smallest absolute Gasteiger partial charge is 0.384 e. The molecule has 1 unspecified atom stereocenters. The SMILES string of the molecule is Cc1cccc(C(O)c2cccc(C(F)(F)F)c2)c1I. The third-order valence-electron chi connectivity index (χ3n) is 3.05. The summed E-state index contributed by atoms with van der Waals surface area (Å²) in [5.74, 6) is 0. The van der Waals surface area contributed by atoms with Gasteiger partial charge in [0.05, 0.1) is 5.56 Å². The van der Waals surface area contributed by atoms with E-state index in [2.05, 4.69) is 22.6 Å². The predicted octanol–water partition coefficient (Wildman–Crippen LogP) is 4.70. The van der Waals surface area contributed by atoms with Crippen LogP contribution in [-0.2, 0) is 6.18 Å². The molecule has 2 aromatic carbocycles. The molecule has 2 rings (SSSR count). The van der Waals surface area contributed by atoms with Crippen LogP contribution in [0.25, 0.3) is 0 Å². The van der Waals surface area contributed by atoms with Crippen molar-refractivity contribution in [2.24, 2.45) is 0 Å². The van der Waals surface area contributed by atoms with Gasteiger partial charge >= 0.3 is 6.18 Å². The number of aliphatic hydroxyl groups excluding tert-OH is 1. The molecule has 0 aliphatic heterocycles. The summed E-state index contributed by atoms with van der Waals surface area (Å²) in [4.78, 5) is 0. The van der Waals surface area contributed by atoms with E-state index in [1.54, 1.807) is 12.1 Å². The third-order valence-corrected chi connectivity index (χ3v) is 4.52. The molecule has 0 aromatic heterocycles. The Balaban J connectivity index is 2.44. The first-order valence-electron chi connectivity index (χ1n) is 5.91. The van der Waals surface area contributed by atoms with E-state index in [0.717, 1.165) is 21.3 Å². The number of aryl methyl sites for hydroxylation is 1. The number of aliphatic hydroxyl groups is 1. The lowest BCUT2D eigenvalue weighted by atomic mass is 9.98. The van der Waals surface area contributed by atoms with Crippen LogP contribution in [-0.4, -0.2) is 5.11 Å². The van der Waals surface area contributed by atoms with E-state index in [-0.39, 0.29) is 5.56 Å². The largest absolute Gasteiger partial charge is 0.416 e. The second-order valence-electron chi connectivity index (χ2n) is 4.50. The normalized spacial score (nSPS) is 13.3. The van der Waals surface area contributed by atoms with Crippen LogP contribution in [0.5, 0.6) is 0 Å². The van der Waals surface area contributed by atoms with Gasteiger partial charge < -0.3 is 5.11 Å². The number of rotatable bonds is 2. The highest BCUT2D eigenvalue weighted by Gasteiger charge is 2.31. The Labute approximate surface area is 128 Å². The van der Waals surface area contributed by atoms with Gasteiger partial charge in [-0.25, -0.2) is 0 Å². The average Bonchev–Trinajstić information content (AvgIpc) is 2.40. The van der Waals surface area contributed by atoms with E-state index in [4.69, 9.17) is 0 Å². The molecule has 1 nitrogen and oxygen atoms in total. The molecule has 0 fully saturated rings. The first kappa shape index (κ1) is 15.3. The fourth-order valence-corrected chi connectivity index (χ4v) is 2.60. The number of hydrogen-bond acceptors (Lipinski definition) is 1. The Morgan fingerprint density at radius 1 is 1.10 bits per heavy atom. The second kappa shape index (κ2) is 5.73. The standard InChI is InChI=1S/C15H12F3IO/c1-9-4-2-7-12(13(9)19)14(20)10-5-3-6-11(8-10)15(16,17)18/h2-8,14,20H,1H3. The van der Waals surface area contributed by atoms with Gasteiger partial charge in [-0.05, 0) is 58.3 Å². The molecule has 1 N–H and O–H groups in total. The van der Waals surface area contributed by atoms with Crippen molar-refractivity contribution in [3.05, 3.63) is 68.3 Å². The lowest BCUT2D eigenvalue weighted by Gasteiger charge is -2.16. The summed E-state index contributed by atoms with van der Waals surface area (Å²) in [5.41, 5.74) is 1.08. The molecular weight excluding hydrogens is 380 g/mol. The zero-order chi connectivity index (χ0) is 14.9. The highest BCUT2D eigenvalue weighted by molar-refractivity contribution is 14.1. The van der Waals surface area contributed by atoms with Gasteiger partial charge in [-0.1, -0.05) is 30.3 Å². The summed E-state index contributed by atoms with van der Waals surface area (Å²) >= 11 is 2.09. The molecule has 0 aliphatic rings. The van der Waals surface area contributed by atoms with Gasteiger partial charge in [0.1, 0.15) is 6.10 Å². The Bertz CT molecular complexity index is 623. The van der Waals surface area contributed by atoms with Crippen LogP contribution < -0.4 is 0 Å². The Kier molecular flexibility index (Phi) is 4.39. The van der Waals surface area contributed by atoms with Gasteiger partial charge in [-0.15, -0.1) is 0 Å². The lowest BCUT2D eigenvalue weighted by molar-refractivity contribution is -0.137. The van der Waals surface area contributed by atoms with Gasteiger partial charge in [0.15, 0.2) is 0 Å². The van der Waals surface area contributed by atoms with E-state index in [0.29, 0.717) is 5.56 Å². The molecule has 0 spiro atoms. The Morgan fingerprint density at radius 2 is 1.75 bits per heavy atom. The highest BCUT2D eigenvalue weighted by Crippen LogP contribution is 2.33. The zero-order valence-corrected chi connectivity index (χ0v) is 12.7. The summed E-state index contributed by atoms with van der Waals surface area (Å²) in [7, 11) is 0. The molecule has 0 heterocycles. The second-order valence-corrected chi connectivity index (χ2v) is 5.58. The van der Waals surface area contributed by atoms with E-state index in [9.17, 15) is 18.3 Å². The van der Waals surface area contributed by atoms with Crippen molar-refractivity contribution in [1.29, 1.82) is 0 Å². The molecule has 20 heavy (non-hydrogen) atoms. The molecule has 0 bridgehead atoms. The fourth-order valence-electron chi connectivity index (χ4n) is 1.95. The van der Waals surface area contributed by atoms with E-state index in [1.165, 1.54) is 12.1 Å². The van der Waals surface area contributed by atoms with Crippen molar-refractivity contribution in [3.63, 3.8) is 0 Å². The molecular formula is C15H12F3IO. The number of halogens is 4. The minimum atomic E-state index is -4.41. The van der Waals surface area contributed by atoms with E-state index < -0.39 is 17.8 Å². The van der Waals surface area contributed by atoms with Gasteiger partial charge in [-0.3, -0.25) is 0 Å². The topological polar surface area (TPSA) is 20.2 Å². The maximum absolute atomic E-state index is 12.7. The summed E-state index contributed by atoms with van der Waals surface area (Å²) in [5, 5.41) is 10.3. The van der Waals surface area contributed by atoms with E-state index in [1.807, 2.05) is 13.0 Å². The van der Waals surface area contributed by atoms with Crippen molar-refractivity contribution in [1.82, 2.24) is 0 Å². The fraction of sp³-hybridized carbons (Fsp3) is 0.200. The van der Waals surface area contributed by atoms with Crippen molar-refractivity contribution in [2.45, 2.75) is 19.2 Å². The molecule has 0 saturated heterocycles. The van der Waals surface area contributed by atoms with Crippen molar-refractivity contribution in [3.8, 4) is 0 Å². The summed E-state index contributed by atoms with van der Waals surface area (Å²) in [6, 6.07) is 10.2. The van der Waals surface area contributed by atoms with Gasteiger partial charge in [-0.2, -0.15) is 13.2 Å². The number of alkyl halides is 3. The summed E-state index contributed by atoms with van der Waals surface area (Å²) < 4.78 is 38.9. The minimum absolute atomic E-state index is 0.239. The van der Waals surface area contributed by atoms with Gasteiger partial charge in [0.2, 0.25) is 0 Å². The van der Waals surface area contributed by atoms with Crippen molar-refractivity contribution in [2.75, 3.05) is 0 Å². The summed E-state index contributed by atoms with van der Waals surface area (Å²) in [6.07, 6.45) is -5.47. The number of benzene rings is 2. The van der Waals surface area contributed by atoms with Gasteiger partial charge in [0, 0.05) is 3.57 Å². The van der Waals surface area contributed by atoms with Crippen LogP contribution in [0.15, 0.2) is 42.5 Å². The molecule has 2 aromatic rings. The van der Waals surface area contributed by atoms with E-state index >= 15 is 0 Å². The predicted molar refractivity (Wildman–Crippen MR) is 79.4 cm³/mol. The van der Waals surface area contributed by atoms with Crippen LogP contribution in [0.1, 0.15) is 28.4 Å². The van der Waals surface area contributed by atoms with Gasteiger partial charge in [0.25, 0.3) is 0 Å². The number of hydrogen-bond donors (Lipinski definition) is 1. The summed E-state index contributed by atoms with van der Waals surface area (Å²) in [6.45, 7) is 1.89. The average molecular weight is 392 g/mol. The molecule has 0 amide bonds. The maximum atomic E-state index is 12.7. The van der Waals surface area contributed by atoms with Crippen LogP contribution in [0, 0.1) is 10.5 Å². The first-order valence-corrected chi connectivity index (χ1v) is 6.99. The zero-order valence-electron chi connectivity index (χ0n) is 10.6. The van der Waals surface area contributed by atoms with Crippen LogP contribution in [0.3, 0.4) is 0 Å². The molecule has 5 heteroatoms. The molecule has 0 radical (unpaired) electrons. The Hall–Kier alpha value is -1.08. The maximum Gasteiger partial charge on any atom is 0.416 e. The van der Waals surface area contributed by atoms with Crippen molar-refractivity contribution >= 4 is 22.6 Å². The highest BCUT2D eigenvalue weighted by atomic mass is 127. The van der Waals surface area contributed by atoms with Crippen LogP contribution in [0.4, 0.5) is 13.2 Å². The molecule has 0 aliphatic carbocycles. The van der Waals surface area contributed by atoms with Crippen molar-refractivity contribution < 1.29 is 18.3 Å². The molecule has 0 saturated carbocycles. The third kappa shape index (κ3) is 3.15. The molecule has 1 atom stereocenters. The lowest BCUT2D eigenvalue weighted by Crippen LogP contribution is -2.08. The quantitative estimate of drug-likeness (QED) is 0.735. The Morgan fingerprint density at radius 3 is 2.40 bits per heavy atom. The molecule has 106 valence electrons. The first-order chi connectivity index (χ1) is 9.30. The van der Waals surface area contributed by atoms with Crippen LogP contribution >= 0.6 is 22.6 Å². The minimum Gasteiger partial charge on any atom is -0.384 e.